The lowest BCUT2D eigenvalue weighted by Crippen LogP contribution is -2.33. The summed E-state index contributed by atoms with van der Waals surface area (Å²) in [4.78, 5) is 28.3. The van der Waals surface area contributed by atoms with E-state index in [0.29, 0.717) is 0 Å². The lowest BCUT2D eigenvalue weighted by atomic mass is 10.2. The second-order valence-electron chi connectivity index (χ2n) is 6.68. The molecular weight excluding hydrogens is 430 g/mol. The number of ether oxygens (including phenoxy) is 2. The molecule has 0 atom stereocenters. The van der Waals surface area contributed by atoms with Crippen molar-refractivity contribution in [2.45, 2.75) is 43.5 Å². The van der Waals surface area contributed by atoms with Gasteiger partial charge in [-0.2, -0.15) is 0 Å². The summed E-state index contributed by atoms with van der Waals surface area (Å²) in [6, 6.07) is 4.05. The number of nitrogens with zero attached hydrogens (tertiary/aromatic N) is 1. The fraction of sp³-hybridized carbons (Fsp3) is 0.421. The average Bonchev–Trinajstić information content (AvgIpc) is 3.39. The van der Waals surface area contributed by atoms with Crippen molar-refractivity contribution in [3.8, 4) is 5.75 Å². The number of aromatic nitrogens is 1. The van der Waals surface area contributed by atoms with Crippen LogP contribution in [0.5, 0.6) is 5.75 Å². The maximum atomic E-state index is 12.9. The number of hydrogen-bond donors (Lipinski definition) is 2. The van der Waals surface area contributed by atoms with Crippen molar-refractivity contribution in [2.24, 2.45) is 0 Å². The number of esters is 1. The van der Waals surface area contributed by atoms with Crippen LogP contribution in [0.2, 0.25) is 0 Å². The van der Waals surface area contributed by atoms with Gasteiger partial charge in [0.15, 0.2) is 10.8 Å². The van der Waals surface area contributed by atoms with Gasteiger partial charge in [-0.1, -0.05) is 12.8 Å². The minimum atomic E-state index is -3.86. The first-order chi connectivity index (χ1) is 14.3. The zero-order chi connectivity index (χ0) is 21.7. The van der Waals surface area contributed by atoms with Gasteiger partial charge in [-0.15, -0.1) is 11.3 Å². The largest absolute Gasteiger partial charge is 0.495 e. The highest BCUT2D eigenvalue weighted by Crippen LogP contribution is 2.28. The molecule has 1 amide bonds. The predicted octanol–water partition coefficient (Wildman–Crippen LogP) is 2.80. The Labute approximate surface area is 178 Å². The molecule has 1 aromatic heterocycles. The molecule has 0 aliphatic heterocycles. The number of rotatable bonds is 8. The minimum absolute atomic E-state index is 0.0934. The van der Waals surface area contributed by atoms with Crippen molar-refractivity contribution in [1.29, 1.82) is 0 Å². The Morgan fingerprint density at radius 1 is 1.27 bits per heavy atom. The van der Waals surface area contributed by atoms with Crippen LogP contribution in [0.3, 0.4) is 0 Å². The van der Waals surface area contributed by atoms with E-state index in [1.807, 2.05) is 0 Å². The monoisotopic (exact) mass is 453 g/mol. The molecule has 30 heavy (non-hydrogen) atoms. The SMILES string of the molecule is CCOC(=O)c1csc(NC(=O)c2ccc(OC)c(S(=O)(=O)NC3CCCC3)c2)n1. The molecule has 0 spiro atoms. The fourth-order valence-electron chi connectivity index (χ4n) is 3.15. The van der Waals surface area contributed by atoms with Crippen LogP contribution in [0.4, 0.5) is 5.13 Å². The number of benzene rings is 1. The highest BCUT2D eigenvalue weighted by atomic mass is 32.2. The Hall–Kier alpha value is -2.50. The van der Waals surface area contributed by atoms with E-state index in [2.05, 4.69) is 15.0 Å². The quantitative estimate of drug-likeness (QED) is 0.589. The van der Waals surface area contributed by atoms with Crippen molar-refractivity contribution in [1.82, 2.24) is 9.71 Å². The Balaban J connectivity index is 1.80. The minimum Gasteiger partial charge on any atom is -0.495 e. The number of sulfonamides is 1. The van der Waals surface area contributed by atoms with Crippen LogP contribution in [-0.4, -0.2) is 45.0 Å². The van der Waals surface area contributed by atoms with E-state index in [-0.39, 0.29) is 39.7 Å². The molecule has 1 aliphatic rings. The van der Waals surface area contributed by atoms with E-state index >= 15 is 0 Å². The van der Waals surface area contributed by atoms with Gasteiger partial charge >= 0.3 is 5.97 Å². The summed E-state index contributed by atoms with van der Waals surface area (Å²) in [5.74, 6) is -0.985. The maximum Gasteiger partial charge on any atom is 0.357 e. The zero-order valence-corrected chi connectivity index (χ0v) is 18.3. The molecule has 3 rings (SSSR count). The molecule has 1 fully saturated rings. The lowest BCUT2D eigenvalue weighted by Gasteiger charge is -2.15. The Morgan fingerprint density at radius 2 is 2.00 bits per heavy atom. The third-order valence-corrected chi connectivity index (χ3v) is 6.90. The van der Waals surface area contributed by atoms with Gasteiger partial charge in [-0.25, -0.2) is 22.9 Å². The van der Waals surface area contributed by atoms with Crippen LogP contribution >= 0.6 is 11.3 Å². The van der Waals surface area contributed by atoms with Gasteiger partial charge in [0.2, 0.25) is 10.0 Å². The van der Waals surface area contributed by atoms with Gasteiger partial charge in [0.1, 0.15) is 10.6 Å². The van der Waals surface area contributed by atoms with Gasteiger partial charge < -0.3 is 9.47 Å². The van der Waals surface area contributed by atoms with Gasteiger partial charge in [0.05, 0.1) is 13.7 Å². The number of carbonyl (C=O) groups excluding carboxylic acids is 2. The first-order valence-corrected chi connectivity index (χ1v) is 11.8. The van der Waals surface area contributed by atoms with Gasteiger partial charge in [0.25, 0.3) is 5.91 Å². The summed E-state index contributed by atoms with van der Waals surface area (Å²) >= 11 is 1.07. The van der Waals surface area contributed by atoms with Crippen molar-refractivity contribution in [3.63, 3.8) is 0 Å². The first-order valence-electron chi connectivity index (χ1n) is 9.48. The molecule has 0 saturated heterocycles. The molecule has 2 aromatic rings. The zero-order valence-electron chi connectivity index (χ0n) is 16.6. The second-order valence-corrected chi connectivity index (χ2v) is 9.22. The molecule has 1 saturated carbocycles. The number of methoxy groups -OCH3 is 1. The van der Waals surface area contributed by atoms with Crippen LogP contribution in [-0.2, 0) is 14.8 Å². The molecular formula is C19H23N3O6S2. The molecule has 9 nitrogen and oxygen atoms in total. The van der Waals surface area contributed by atoms with E-state index in [0.717, 1.165) is 37.0 Å². The van der Waals surface area contributed by atoms with E-state index in [4.69, 9.17) is 9.47 Å². The maximum absolute atomic E-state index is 12.9. The highest BCUT2D eigenvalue weighted by Gasteiger charge is 2.27. The molecule has 1 heterocycles. The number of thiazole rings is 1. The number of carbonyl (C=O) groups is 2. The van der Waals surface area contributed by atoms with Gasteiger partial charge in [0, 0.05) is 17.0 Å². The second kappa shape index (κ2) is 9.54. The smallest absolute Gasteiger partial charge is 0.357 e. The average molecular weight is 454 g/mol. The van der Waals surface area contributed by atoms with Crippen molar-refractivity contribution < 1.29 is 27.5 Å². The number of anilines is 1. The molecule has 1 aliphatic carbocycles. The van der Waals surface area contributed by atoms with E-state index < -0.39 is 21.9 Å². The van der Waals surface area contributed by atoms with Gasteiger partial charge in [-0.05, 0) is 38.0 Å². The molecule has 2 N–H and O–H groups in total. The molecule has 162 valence electrons. The normalized spacial score (nSPS) is 14.5. The van der Waals surface area contributed by atoms with Crippen molar-refractivity contribution >= 4 is 38.4 Å². The lowest BCUT2D eigenvalue weighted by molar-refractivity contribution is 0.0520. The summed E-state index contributed by atoms with van der Waals surface area (Å²) in [5.41, 5.74) is 0.214. The predicted molar refractivity (Wildman–Crippen MR) is 112 cm³/mol. The summed E-state index contributed by atoms with van der Waals surface area (Å²) in [5, 5.41) is 4.25. The third kappa shape index (κ3) is 5.15. The van der Waals surface area contributed by atoms with Gasteiger partial charge in [-0.3, -0.25) is 10.1 Å². The van der Waals surface area contributed by atoms with E-state index in [9.17, 15) is 18.0 Å². The highest BCUT2D eigenvalue weighted by molar-refractivity contribution is 7.89. The number of hydrogen-bond acceptors (Lipinski definition) is 8. The molecule has 11 heteroatoms. The number of amides is 1. The van der Waals surface area contributed by atoms with Crippen LogP contribution in [0.25, 0.3) is 0 Å². The van der Waals surface area contributed by atoms with E-state index in [1.54, 1.807) is 6.92 Å². The van der Waals surface area contributed by atoms with Crippen LogP contribution in [0.15, 0.2) is 28.5 Å². The first kappa shape index (κ1) is 22.2. The molecule has 0 bridgehead atoms. The van der Waals surface area contributed by atoms with E-state index in [1.165, 1.54) is 30.7 Å². The molecule has 0 radical (unpaired) electrons. The third-order valence-electron chi connectivity index (χ3n) is 4.60. The fourth-order valence-corrected chi connectivity index (χ4v) is 5.33. The molecule has 1 aromatic carbocycles. The van der Waals surface area contributed by atoms with Crippen molar-refractivity contribution in [2.75, 3.05) is 19.0 Å². The summed E-state index contributed by atoms with van der Waals surface area (Å²) in [6.07, 6.45) is 3.53. The summed E-state index contributed by atoms with van der Waals surface area (Å²) < 4.78 is 38.5. The summed E-state index contributed by atoms with van der Waals surface area (Å²) in [6.45, 7) is 1.90. The molecule has 0 unspecified atom stereocenters. The Bertz CT molecular complexity index is 1030. The Morgan fingerprint density at radius 3 is 2.67 bits per heavy atom. The van der Waals surface area contributed by atoms with Crippen molar-refractivity contribution in [3.05, 3.63) is 34.8 Å². The topological polar surface area (TPSA) is 124 Å². The Kier molecular flexibility index (Phi) is 7.06. The van der Waals surface area contributed by atoms with Crippen LogP contribution in [0.1, 0.15) is 53.5 Å². The summed E-state index contributed by atoms with van der Waals surface area (Å²) in [7, 11) is -2.49. The standard InChI is InChI=1S/C19H23N3O6S2/c1-3-28-18(24)14-11-29-19(20-14)21-17(23)12-8-9-15(27-2)16(10-12)30(25,26)22-13-6-4-5-7-13/h8-11,13,22H,3-7H2,1-2H3,(H,20,21,23). The van der Waals surface area contributed by atoms with Crippen LogP contribution < -0.4 is 14.8 Å². The number of nitrogens with one attached hydrogen (secondary N) is 2. The van der Waals surface area contributed by atoms with Crippen LogP contribution in [0, 0.1) is 0 Å².